The van der Waals surface area contributed by atoms with Crippen LogP contribution in [0.4, 0.5) is 10.9 Å². The number of carbonyl (C=O) groups is 3. The maximum absolute atomic E-state index is 13.9. The lowest BCUT2D eigenvalue weighted by Gasteiger charge is -2.32. The summed E-state index contributed by atoms with van der Waals surface area (Å²) in [5.74, 6) is 0.429. The molecular weight excluding hydrogens is 715 g/mol. The predicted octanol–water partition coefficient (Wildman–Crippen LogP) is 7.84. The van der Waals surface area contributed by atoms with Crippen LogP contribution < -0.4 is 15.0 Å². The van der Waals surface area contributed by atoms with Gasteiger partial charge in [0, 0.05) is 37.3 Å². The van der Waals surface area contributed by atoms with Gasteiger partial charge in [0.1, 0.15) is 23.3 Å². The van der Waals surface area contributed by atoms with Gasteiger partial charge in [-0.2, -0.15) is 0 Å². The Morgan fingerprint density at radius 3 is 2.45 bits per heavy atom. The number of ether oxygens (including phenoxy) is 3. The third-order valence-electron chi connectivity index (χ3n) is 9.89. The highest BCUT2D eigenvalue weighted by atomic mass is 32.1. The molecule has 55 heavy (non-hydrogen) atoms. The van der Waals surface area contributed by atoms with E-state index in [1.165, 1.54) is 11.3 Å². The van der Waals surface area contributed by atoms with Gasteiger partial charge in [0.15, 0.2) is 10.8 Å². The number of thiazole rings is 1. The number of carbonyl (C=O) groups excluding carboxylic acids is 3. The monoisotopic (exact) mass is 761 g/mol. The maximum Gasteiger partial charge on any atom is 0.358 e. The van der Waals surface area contributed by atoms with Crippen LogP contribution in [-0.4, -0.2) is 77.2 Å². The van der Waals surface area contributed by atoms with Gasteiger partial charge in [-0.3, -0.25) is 19.8 Å². The Labute approximate surface area is 325 Å². The molecule has 2 aliphatic rings. The topological polar surface area (TPSA) is 123 Å². The molecule has 2 aliphatic heterocycles. The van der Waals surface area contributed by atoms with Gasteiger partial charge in [0.25, 0.3) is 5.91 Å². The molecule has 1 fully saturated rings. The SMILES string of the molecule is CCOC(=O)CN1CCC(Oc2cccc(-c3ccc(N4CCc5cccc(C(=O)Nc6nc7ccccc7s6)c5C4)nc3C(=O)OC(C)(C)C)c2C)CC1. The number of fused-ring (bicyclic) bond motifs is 2. The van der Waals surface area contributed by atoms with Crippen molar-refractivity contribution in [2.45, 2.75) is 72.1 Å². The van der Waals surface area contributed by atoms with E-state index in [-0.39, 0.29) is 30.2 Å². The summed E-state index contributed by atoms with van der Waals surface area (Å²) in [4.78, 5) is 53.3. The van der Waals surface area contributed by atoms with E-state index in [1.54, 1.807) is 0 Å². The first-order valence-corrected chi connectivity index (χ1v) is 19.7. The fourth-order valence-electron chi connectivity index (χ4n) is 7.19. The van der Waals surface area contributed by atoms with Crippen LogP contribution in [0.2, 0.25) is 0 Å². The molecule has 3 aromatic carbocycles. The fourth-order valence-corrected chi connectivity index (χ4v) is 8.05. The second-order valence-electron chi connectivity index (χ2n) is 15.0. The molecular formula is C43H47N5O6S. The number of benzene rings is 3. The van der Waals surface area contributed by atoms with Crippen molar-refractivity contribution in [3.63, 3.8) is 0 Å². The molecule has 0 radical (unpaired) electrons. The second kappa shape index (κ2) is 16.2. The van der Waals surface area contributed by atoms with Gasteiger partial charge in [0.2, 0.25) is 0 Å². The average Bonchev–Trinajstić information content (AvgIpc) is 3.57. The van der Waals surface area contributed by atoms with E-state index in [0.717, 1.165) is 64.2 Å². The average molecular weight is 762 g/mol. The summed E-state index contributed by atoms with van der Waals surface area (Å²) in [5.41, 5.74) is 5.32. The van der Waals surface area contributed by atoms with Gasteiger partial charge in [-0.1, -0.05) is 47.7 Å². The summed E-state index contributed by atoms with van der Waals surface area (Å²) in [6.45, 7) is 12.6. The number of pyridine rings is 1. The minimum atomic E-state index is -0.732. The molecule has 286 valence electrons. The normalized spacial score (nSPS) is 15.0. The van der Waals surface area contributed by atoms with Crippen molar-refractivity contribution in [2.75, 3.05) is 43.0 Å². The van der Waals surface area contributed by atoms with Crippen molar-refractivity contribution in [1.29, 1.82) is 0 Å². The van der Waals surface area contributed by atoms with Crippen molar-refractivity contribution in [2.24, 2.45) is 0 Å². The molecule has 1 saturated heterocycles. The second-order valence-corrected chi connectivity index (χ2v) is 16.0. The zero-order valence-electron chi connectivity index (χ0n) is 32.0. The van der Waals surface area contributed by atoms with E-state index >= 15 is 0 Å². The maximum atomic E-state index is 13.9. The number of amides is 1. The van der Waals surface area contributed by atoms with E-state index < -0.39 is 11.6 Å². The molecule has 11 nitrogen and oxygen atoms in total. The molecule has 7 rings (SSSR count). The number of aromatic nitrogens is 2. The molecule has 5 aromatic rings. The third-order valence-corrected chi connectivity index (χ3v) is 10.8. The molecule has 0 saturated carbocycles. The number of nitrogens with one attached hydrogen (secondary N) is 1. The van der Waals surface area contributed by atoms with Gasteiger partial charge >= 0.3 is 11.9 Å². The number of piperidine rings is 1. The van der Waals surface area contributed by atoms with Gasteiger partial charge in [0.05, 0.1) is 23.4 Å². The summed E-state index contributed by atoms with van der Waals surface area (Å²) in [6.07, 6.45) is 2.27. The lowest BCUT2D eigenvalue weighted by molar-refractivity contribution is -0.144. The zero-order valence-corrected chi connectivity index (χ0v) is 32.8. The van der Waals surface area contributed by atoms with E-state index in [9.17, 15) is 14.4 Å². The molecule has 1 amide bonds. The molecule has 2 aromatic heterocycles. The minimum absolute atomic E-state index is 0.00613. The van der Waals surface area contributed by atoms with Crippen molar-refractivity contribution in [1.82, 2.24) is 14.9 Å². The number of nitrogens with zero attached hydrogens (tertiary/aromatic N) is 4. The van der Waals surface area contributed by atoms with Crippen LogP contribution >= 0.6 is 11.3 Å². The van der Waals surface area contributed by atoms with Gasteiger partial charge in [-0.25, -0.2) is 14.8 Å². The Morgan fingerprint density at radius 2 is 1.69 bits per heavy atom. The van der Waals surface area contributed by atoms with Crippen molar-refractivity contribution < 1.29 is 28.6 Å². The molecule has 1 N–H and O–H groups in total. The Bertz CT molecular complexity index is 2190. The van der Waals surface area contributed by atoms with Crippen LogP contribution in [0.15, 0.2) is 72.8 Å². The van der Waals surface area contributed by atoms with Crippen LogP contribution in [0.3, 0.4) is 0 Å². The number of anilines is 2. The fraction of sp³-hybridized carbons (Fsp3) is 0.372. The summed E-state index contributed by atoms with van der Waals surface area (Å²) in [5, 5.41) is 3.57. The minimum Gasteiger partial charge on any atom is -0.490 e. The third kappa shape index (κ3) is 8.81. The first-order chi connectivity index (χ1) is 26.5. The van der Waals surface area contributed by atoms with Crippen LogP contribution in [0.1, 0.15) is 78.1 Å². The highest BCUT2D eigenvalue weighted by Gasteiger charge is 2.29. The first-order valence-electron chi connectivity index (χ1n) is 18.9. The molecule has 12 heteroatoms. The molecule has 0 spiro atoms. The number of hydrogen-bond acceptors (Lipinski definition) is 11. The van der Waals surface area contributed by atoms with Crippen molar-refractivity contribution >= 4 is 50.3 Å². The largest absolute Gasteiger partial charge is 0.490 e. The van der Waals surface area contributed by atoms with Crippen LogP contribution in [0, 0.1) is 6.92 Å². The Balaban J connectivity index is 1.13. The van der Waals surface area contributed by atoms with Crippen LogP contribution in [0.5, 0.6) is 5.75 Å². The number of rotatable bonds is 10. The van der Waals surface area contributed by atoms with E-state index in [1.807, 2.05) is 101 Å². The number of likely N-dealkylation sites (tertiary alicyclic amines) is 1. The van der Waals surface area contributed by atoms with Crippen molar-refractivity contribution in [3.05, 3.63) is 101 Å². The summed E-state index contributed by atoms with van der Waals surface area (Å²) < 4.78 is 18.6. The van der Waals surface area contributed by atoms with Crippen LogP contribution in [-0.2, 0) is 27.2 Å². The number of esters is 2. The highest BCUT2D eigenvalue weighted by Crippen LogP contribution is 2.36. The molecule has 0 atom stereocenters. The predicted molar refractivity (Wildman–Crippen MR) is 215 cm³/mol. The van der Waals surface area contributed by atoms with Gasteiger partial charge < -0.3 is 19.1 Å². The smallest absolute Gasteiger partial charge is 0.358 e. The van der Waals surface area contributed by atoms with E-state index in [2.05, 4.69) is 26.2 Å². The van der Waals surface area contributed by atoms with E-state index in [0.29, 0.717) is 48.2 Å². The van der Waals surface area contributed by atoms with Crippen molar-refractivity contribution in [3.8, 4) is 16.9 Å². The molecule has 0 unspecified atom stereocenters. The summed E-state index contributed by atoms with van der Waals surface area (Å²) in [6, 6.07) is 23.4. The summed E-state index contributed by atoms with van der Waals surface area (Å²) in [7, 11) is 0. The lowest BCUT2D eigenvalue weighted by atomic mass is 9.94. The highest BCUT2D eigenvalue weighted by molar-refractivity contribution is 7.22. The molecule has 0 bridgehead atoms. The number of para-hydroxylation sites is 1. The number of hydrogen-bond donors (Lipinski definition) is 1. The van der Waals surface area contributed by atoms with Crippen LogP contribution in [0.25, 0.3) is 21.3 Å². The Hall–Kier alpha value is -5.33. The molecule has 0 aliphatic carbocycles. The summed E-state index contributed by atoms with van der Waals surface area (Å²) >= 11 is 1.44. The molecule has 4 heterocycles. The van der Waals surface area contributed by atoms with Gasteiger partial charge in [-0.15, -0.1) is 0 Å². The zero-order chi connectivity index (χ0) is 38.7. The Kier molecular flexibility index (Phi) is 11.2. The standard InChI is InChI=1S/C43H47N5O6S/c1-6-52-38(49)26-47-22-20-29(21-23-47)53-35-15-10-12-30(27(35)2)31-17-18-37(45-39(31)41(51)54-43(3,4)5)48-24-19-28-11-9-13-32(33(28)25-48)40(50)46-42-44-34-14-7-8-16-36(34)55-42/h7-18,29H,6,19-26H2,1-5H3,(H,44,46,50). The Morgan fingerprint density at radius 1 is 0.909 bits per heavy atom. The quantitative estimate of drug-likeness (QED) is 0.141. The van der Waals surface area contributed by atoms with Gasteiger partial charge in [-0.05, 0) is 113 Å². The van der Waals surface area contributed by atoms with E-state index in [4.69, 9.17) is 19.2 Å². The first kappa shape index (κ1) is 38.0. The lowest BCUT2D eigenvalue weighted by Crippen LogP contribution is -2.41.